The van der Waals surface area contributed by atoms with E-state index in [2.05, 4.69) is 5.32 Å². The molecule has 0 bridgehead atoms. The summed E-state index contributed by atoms with van der Waals surface area (Å²) >= 11 is 5.96. The summed E-state index contributed by atoms with van der Waals surface area (Å²) in [7, 11) is -3.72. The Kier molecular flexibility index (Phi) is 8.88. The van der Waals surface area contributed by atoms with E-state index < -0.39 is 28.5 Å². The van der Waals surface area contributed by atoms with Gasteiger partial charge in [-0.25, -0.2) is 8.42 Å². The average Bonchev–Trinajstić information content (AvgIpc) is 2.73. The van der Waals surface area contributed by atoms with E-state index >= 15 is 0 Å². The first-order chi connectivity index (χ1) is 14.7. The number of sulfonamides is 1. The van der Waals surface area contributed by atoms with Crippen LogP contribution >= 0.6 is 11.6 Å². The van der Waals surface area contributed by atoms with Gasteiger partial charge in [-0.3, -0.25) is 13.9 Å². The quantitative estimate of drug-likeness (QED) is 0.584. The molecule has 0 heterocycles. The lowest BCUT2D eigenvalue weighted by Crippen LogP contribution is -2.52. The zero-order valence-corrected chi connectivity index (χ0v) is 19.5. The maximum atomic E-state index is 13.4. The zero-order valence-electron chi connectivity index (χ0n) is 17.9. The number of nitrogens with one attached hydrogen (secondary N) is 1. The number of hydrogen-bond acceptors (Lipinski definition) is 4. The van der Waals surface area contributed by atoms with Crippen LogP contribution < -0.4 is 9.62 Å². The zero-order chi connectivity index (χ0) is 23.0. The number of nitrogens with zero attached hydrogens (tertiary/aromatic N) is 2. The number of carbonyl (C=O) groups excluding carboxylic acids is 2. The molecule has 0 aliphatic carbocycles. The maximum Gasteiger partial charge on any atom is 0.244 e. The van der Waals surface area contributed by atoms with Crippen LogP contribution in [0.4, 0.5) is 5.69 Å². The summed E-state index contributed by atoms with van der Waals surface area (Å²) < 4.78 is 25.9. The minimum Gasteiger partial charge on any atom is -0.355 e. The Morgan fingerprint density at radius 3 is 2.16 bits per heavy atom. The lowest BCUT2D eigenvalue weighted by molar-refractivity contribution is -0.140. The van der Waals surface area contributed by atoms with Crippen LogP contribution in [0.3, 0.4) is 0 Å². The monoisotopic (exact) mass is 465 g/mol. The second-order valence-electron chi connectivity index (χ2n) is 7.07. The van der Waals surface area contributed by atoms with E-state index in [9.17, 15) is 18.0 Å². The molecule has 9 heteroatoms. The summed E-state index contributed by atoms with van der Waals surface area (Å²) in [6.45, 7) is 3.78. The van der Waals surface area contributed by atoms with Gasteiger partial charge in [-0.1, -0.05) is 48.9 Å². The van der Waals surface area contributed by atoms with Crippen molar-refractivity contribution >= 4 is 39.1 Å². The van der Waals surface area contributed by atoms with E-state index in [0.29, 0.717) is 23.7 Å². The van der Waals surface area contributed by atoms with Crippen molar-refractivity contribution in [3.05, 3.63) is 65.2 Å². The summed E-state index contributed by atoms with van der Waals surface area (Å²) in [6, 6.07) is 14.6. The number of anilines is 1. The second kappa shape index (κ2) is 11.2. The molecule has 0 spiro atoms. The molecule has 31 heavy (non-hydrogen) atoms. The van der Waals surface area contributed by atoms with Crippen molar-refractivity contribution in [1.29, 1.82) is 0 Å². The predicted molar refractivity (Wildman–Crippen MR) is 123 cm³/mol. The number of benzene rings is 2. The molecule has 168 valence electrons. The van der Waals surface area contributed by atoms with Gasteiger partial charge >= 0.3 is 0 Å². The van der Waals surface area contributed by atoms with Gasteiger partial charge in [0, 0.05) is 18.1 Å². The lowest BCUT2D eigenvalue weighted by atomic mass is 10.1. The Bertz CT molecular complexity index is 982. The predicted octanol–water partition coefficient (Wildman–Crippen LogP) is 3.05. The van der Waals surface area contributed by atoms with Crippen molar-refractivity contribution in [3.63, 3.8) is 0 Å². The van der Waals surface area contributed by atoms with Crippen molar-refractivity contribution in [2.45, 2.75) is 32.9 Å². The number of rotatable bonds is 10. The number of hydrogen-bond donors (Lipinski definition) is 1. The molecule has 0 aromatic heterocycles. The Hall–Kier alpha value is -2.58. The average molecular weight is 466 g/mol. The van der Waals surface area contributed by atoms with E-state index in [0.717, 1.165) is 16.1 Å². The van der Waals surface area contributed by atoms with Gasteiger partial charge in [-0.2, -0.15) is 0 Å². The van der Waals surface area contributed by atoms with Crippen molar-refractivity contribution in [2.75, 3.05) is 23.7 Å². The van der Waals surface area contributed by atoms with Crippen LogP contribution in [0.2, 0.25) is 5.02 Å². The van der Waals surface area contributed by atoms with Crippen LogP contribution in [0.1, 0.15) is 25.8 Å². The lowest BCUT2D eigenvalue weighted by Gasteiger charge is -2.32. The molecule has 2 aromatic rings. The molecular weight excluding hydrogens is 438 g/mol. The van der Waals surface area contributed by atoms with Crippen LogP contribution in [-0.2, 0) is 26.2 Å². The molecule has 0 aliphatic heterocycles. The number of amides is 2. The van der Waals surface area contributed by atoms with Gasteiger partial charge in [0.05, 0.1) is 11.9 Å². The third-order valence-electron chi connectivity index (χ3n) is 4.73. The Balaban J connectivity index is 2.39. The first-order valence-electron chi connectivity index (χ1n) is 10.0. The van der Waals surface area contributed by atoms with Crippen LogP contribution in [0.15, 0.2) is 54.6 Å². The highest BCUT2D eigenvalue weighted by molar-refractivity contribution is 7.92. The third-order valence-corrected chi connectivity index (χ3v) is 6.12. The first kappa shape index (κ1) is 24.7. The highest BCUT2D eigenvalue weighted by atomic mass is 35.5. The molecule has 0 radical (unpaired) electrons. The summed E-state index contributed by atoms with van der Waals surface area (Å²) in [6.07, 6.45) is 1.44. The highest BCUT2D eigenvalue weighted by Crippen LogP contribution is 2.20. The van der Waals surface area contributed by atoms with Crippen LogP contribution in [0, 0.1) is 0 Å². The number of para-hydroxylation sites is 1. The van der Waals surface area contributed by atoms with Crippen molar-refractivity contribution in [3.8, 4) is 0 Å². The Morgan fingerprint density at radius 1 is 1.03 bits per heavy atom. The fourth-order valence-corrected chi connectivity index (χ4v) is 4.18. The topological polar surface area (TPSA) is 86.8 Å². The van der Waals surface area contributed by atoms with E-state index in [1.165, 1.54) is 4.90 Å². The molecule has 2 aromatic carbocycles. The summed E-state index contributed by atoms with van der Waals surface area (Å²) in [5, 5.41) is 3.32. The summed E-state index contributed by atoms with van der Waals surface area (Å²) in [5.41, 5.74) is 1.17. The minimum atomic E-state index is -3.72. The standard InChI is InChI=1S/C22H28ClN3O4S/c1-4-20(22(28)24-5-2)25(15-17-11-13-18(23)14-12-17)21(27)16-26(31(3,29)30)19-9-7-6-8-10-19/h6-14,20H,4-5,15-16H2,1-3H3,(H,24,28)/t20-/m0/s1. The minimum absolute atomic E-state index is 0.151. The molecule has 0 aliphatic rings. The molecule has 0 saturated carbocycles. The molecule has 2 amide bonds. The Labute approximate surface area is 189 Å². The van der Waals surface area contributed by atoms with Gasteiger partial charge in [-0.05, 0) is 43.2 Å². The fourth-order valence-electron chi connectivity index (χ4n) is 3.21. The third kappa shape index (κ3) is 6.97. The highest BCUT2D eigenvalue weighted by Gasteiger charge is 2.31. The van der Waals surface area contributed by atoms with E-state index in [-0.39, 0.29) is 12.5 Å². The smallest absolute Gasteiger partial charge is 0.244 e. The molecule has 1 atom stereocenters. The maximum absolute atomic E-state index is 13.4. The molecule has 7 nitrogen and oxygen atoms in total. The van der Waals surface area contributed by atoms with Crippen molar-refractivity contribution in [2.24, 2.45) is 0 Å². The molecule has 1 N–H and O–H groups in total. The van der Waals surface area contributed by atoms with Gasteiger partial charge in [0.1, 0.15) is 12.6 Å². The number of likely N-dealkylation sites (N-methyl/N-ethyl adjacent to an activating group) is 1. The SMILES string of the molecule is CCNC(=O)[C@H](CC)N(Cc1ccc(Cl)cc1)C(=O)CN(c1ccccc1)S(C)(=O)=O. The van der Waals surface area contributed by atoms with E-state index in [1.807, 2.05) is 6.92 Å². The van der Waals surface area contributed by atoms with Gasteiger partial charge in [0.2, 0.25) is 21.8 Å². The van der Waals surface area contributed by atoms with E-state index in [4.69, 9.17) is 11.6 Å². The fraction of sp³-hybridized carbons (Fsp3) is 0.364. The first-order valence-corrected chi connectivity index (χ1v) is 12.2. The summed E-state index contributed by atoms with van der Waals surface area (Å²) in [5.74, 6) is -0.750. The molecule has 0 fully saturated rings. The van der Waals surface area contributed by atoms with Crippen LogP contribution in [-0.4, -0.2) is 50.5 Å². The molecule has 0 unspecified atom stereocenters. The second-order valence-corrected chi connectivity index (χ2v) is 9.42. The Morgan fingerprint density at radius 2 is 1.65 bits per heavy atom. The van der Waals surface area contributed by atoms with Gasteiger partial charge in [0.25, 0.3) is 0 Å². The van der Waals surface area contributed by atoms with E-state index in [1.54, 1.807) is 61.5 Å². The van der Waals surface area contributed by atoms with Crippen LogP contribution in [0.25, 0.3) is 0 Å². The van der Waals surface area contributed by atoms with Crippen molar-refractivity contribution < 1.29 is 18.0 Å². The number of carbonyl (C=O) groups is 2. The van der Waals surface area contributed by atoms with Gasteiger partial charge < -0.3 is 10.2 Å². The van der Waals surface area contributed by atoms with Crippen molar-refractivity contribution in [1.82, 2.24) is 10.2 Å². The van der Waals surface area contributed by atoms with Crippen LogP contribution in [0.5, 0.6) is 0 Å². The summed E-state index contributed by atoms with van der Waals surface area (Å²) in [4.78, 5) is 27.5. The molecule has 2 rings (SSSR count). The normalized spacial score (nSPS) is 12.1. The van der Waals surface area contributed by atoms with Gasteiger partial charge in [-0.15, -0.1) is 0 Å². The molecule has 0 saturated heterocycles. The number of halogens is 1. The van der Waals surface area contributed by atoms with Gasteiger partial charge in [0.15, 0.2) is 0 Å². The molecular formula is C22H28ClN3O4S. The largest absolute Gasteiger partial charge is 0.355 e.